The first-order valence-corrected chi connectivity index (χ1v) is 13.2. The number of hydrogen-bond acceptors (Lipinski definition) is 4. The number of likely N-dealkylation sites (tertiary alicyclic amines) is 2. The van der Waals surface area contributed by atoms with Crippen LogP contribution < -0.4 is 5.32 Å². The predicted octanol–water partition coefficient (Wildman–Crippen LogP) is 2.50. The number of rotatable bonds is 8. The normalized spacial score (nSPS) is 20.9. The molecule has 3 aliphatic rings. The first-order valence-electron chi connectivity index (χ1n) is 11.9. The van der Waals surface area contributed by atoms with E-state index in [1.54, 1.807) is 11.8 Å². The highest BCUT2D eigenvalue weighted by Gasteiger charge is 2.43. The number of carbonyl (C=O) groups is 3. The van der Waals surface area contributed by atoms with Crippen molar-refractivity contribution in [2.45, 2.75) is 51.0 Å². The Balaban J connectivity index is 1.26. The highest BCUT2D eigenvalue weighted by atomic mass is 32.2. The van der Waals surface area contributed by atoms with Crippen LogP contribution in [0.3, 0.4) is 0 Å². The number of piperidine rings is 1. The maximum absolute atomic E-state index is 13.0. The topological polar surface area (TPSA) is 69.7 Å². The molecule has 1 atom stereocenters. The van der Waals surface area contributed by atoms with Gasteiger partial charge in [0.25, 0.3) is 0 Å². The summed E-state index contributed by atoms with van der Waals surface area (Å²) < 4.78 is 0. The third kappa shape index (κ3) is 5.13. The number of nitrogens with one attached hydrogen (secondary N) is 1. The van der Waals surface area contributed by atoms with Crippen LogP contribution in [-0.4, -0.2) is 72.3 Å². The van der Waals surface area contributed by atoms with Crippen molar-refractivity contribution in [2.75, 3.05) is 38.2 Å². The van der Waals surface area contributed by atoms with Gasteiger partial charge in [0.05, 0.1) is 0 Å². The minimum absolute atomic E-state index is 0.0438. The van der Waals surface area contributed by atoms with Crippen LogP contribution in [0.2, 0.25) is 0 Å². The van der Waals surface area contributed by atoms with Crippen LogP contribution in [0.25, 0.3) is 0 Å². The molecule has 0 saturated carbocycles. The zero-order chi connectivity index (χ0) is 22.6. The number of thioether (sulfide) groups is 1. The van der Waals surface area contributed by atoms with Crippen LogP contribution >= 0.6 is 11.8 Å². The summed E-state index contributed by atoms with van der Waals surface area (Å²) in [7, 11) is 0. The highest BCUT2D eigenvalue weighted by molar-refractivity contribution is 7.98. The summed E-state index contributed by atoms with van der Waals surface area (Å²) in [6.45, 7) is 3.09. The van der Waals surface area contributed by atoms with E-state index >= 15 is 0 Å². The maximum atomic E-state index is 13.0. The van der Waals surface area contributed by atoms with Crippen molar-refractivity contribution in [1.29, 1.82) is 0 Å². The Morgan fingerprint density at radius 1 is 1.12 bits per heavy atom. The van der Waals surface area contributed by atoms with Gasteiger partial charge in [-0.2, -0.15) is 11.8 Å². The molecule has 6 nitrogen and oxygen atoms in total. The summed E-state index contributed by atoms with van der Waals surface area (Å²) >= 11 is 1.68. The summed E-state index contributed by atoms with van der Waals surface area (Å²) in [4.78, 5) is 40.9. The molecular weight excluding hydrogens is 422 g/mol. The van der Waals surface area contributed by atoms with Crippen molar-refractivity contribution < 1.29 is 14.4 Å². The van der Waals surface area contributed by atoms with Gasteiger partial charge in [0.1, 0.15) is 6.04 Å². The van der Waals surface area contributed by atoms with Gasteiger partial charge in [-0.3, -0.25) is 14.4 Å². The minimum Gasteiger partial charge on any atom is -0.347 e. The van der Waals surface area contributed by atoms with Crippen molar-refractivity contribution in [3.63, 3.8) is 0 Å². The van der Waals surface area contributed by atoms with E-state index in [-0.39, 0.29) is 17.2 Å². The van der Waals surface area contributed by atoms with Crippen LogP contribution in [-0.2, 0) is 27.2 Å². The van der Waals surface area contributed by atoms with E-state index in [2.05, 4.69) is 29.6 Å². The van der Waals surface area contributed by atoms with Crippen molar-refractivity contribution >= 4 is 30.0 Å². The molecule has 0 bridgehead atoms. The average Bonchev–Trinajstić information content (AvgIpc) is 3.40. The zero-order valence-corrected chi connectivity index (χ0v) is 19.9. The number of hydrogen-bond donors (Lipinski definition) is 1. The molecule has 1 aromatic carbocycles. The summed E-state index contributed by atoms with van der Waals surface area (Å²) in [5.74, 6) is 1.61. The average molecular weight is 458 g/mol. The Kier molecular flexibility index (Phi) is 7.44. The Morgan fingerprint density at radius 2 is 1.75 bits per heavy atom. The number of amides is 3. The van der Waals surface area contributed by atoms with E-state index in [0.717, 1.165) is 64.0 Å². The first-order chi connectivity index (χ1) is 15.5. The molecule has 174 valence electrons. The molecule has 4 rings (SSSR count). The third-order valence-corrected chi connectivity index (χ3v) is 8.35. The monoisotopic (exact) mass is 457 g/mol. The molecule has 2 heterocycles. The Hall–Kier alpha value is -2.02. The summed E-state index contributed by atoms with van der Waals surface area (Å²) in [6, 6.07) is 8.13. The van der Waals surface area contributed by atoms with E-state index in [1.807, 2.05) is 16.1 Å². The van der Waals surface area contributed by atoms with Gasteiger partial charge in [-0.15, -0.1) is 0 Å². The molecular formula is C25H35N3O3S. The number of nitrogens with zero attached hydrogens (tertiary/aromatic N) is 2. The largest absolute Gasteiger partial charge is 0.347 e. The fraction of sp³-hybridized carbons (Fsp3) is 0.640. The van der Waals surface area contributed by atoms with Crippen LogP contribution in [0.5, 0.6) is 0 Å². The molecule has 1 N–H and O–H groups in total. The van der Waals surface area contributed by atoms with Crippen molar-refractivity contribution in [3.05, 3.63) is 35.4 Å². The fourth-order valence-electron chi connectivity index (χ4n) is 5.75. The second kappa shape index (κ2) is 10.3. The van der Waals surface area contributed by atoms with Crippen LogP contribution in [0.15, 0.2) is 24.3 Å². The van der Waals surface area contributed by atoms with Gasteiger partial charge in [-0.1, -0.05) is 24.3 Å². The fourth-order valence-corrected chi connectivity index (χ4v) is 6.22. The lowest BCUT2D eigenvalue weighted by Gasteiger charge is -2.39. The lowest BCUT2D eigenvalue weighted by atomic mass is 9.77. The summed E-state index contributed by atoms with van der Waals surface area (Å²) in [6.07, 6.45) is 8.90. The Morgan fingerprint density at radius 3 is 2.34 bits per heavy atom. The smallest absolute Gasteiger partial charge is 0.245 e. The Bertz CT molecular complexity index is 812. The predicted molar refractivity (Wildman–Crippen MR) is 127 cm³/mol. The first kappa shape index (κ1) is 23.1. The molecule has 7 heteroatoms. The van der Waals surface area contributed by atoms with Crippen molar-refractivity contribution in [2.24, 2.45) is 11.3 Å². The minimum atomic E-state index is -0.424. The quantitative estimate of drug-likeness (QED) is 0.609. The molecule has 0 radical (unpaired) electrons. The summed E-state index contributed by atoms with van der Waals surface area (Å²) in [5, 5.41) is 2.71. The molecule has 2 fully saturated rings. The molecule has 1 spiro atoms. The number of benzene rings is 1. The molecule has 2 aliphatic heterocycles. The lowest BCUT2D eigenvalue weighted by molar-refractivity contribution is -0.136. The van der Waals surface area contributed by atoms with E-state index in [4.69, 9.17) is 0 Å². The van der Waals surface area contributed by atoms with Gasteiger partial charge in [0.2, 0.25) is 18.2 Å². The zero-order valence-electron chi connectivity index (χ0n) is 19.1. The van der Waals surface area contributed by atoms with Gasteiger partial charge in [0, 0.05) is 32.6 Å². The molecule has 1 aromatic rings. The second-order valence-electron chi connectivity index (χ2n) is 9.76. The third-order valence-electron chi connectivity index (χ3n) is 7.70. The molecule has 32 heavy (non-hydrogen) atoms. The van der Waals surface area contributed by atoms with Crippen molar-refractivity contribution in [1.82, 2.24) is 15.1 Å². The van der Waals surface area contributed by atoms with Gasteiger partial charge in [-0.25, -0.2) is 0 Å². The molecule has 2 saturated heterocycles. The van der Waals surface area contributed by atoms with E-state index in [1.165, 1.54) is 11.1 Å². The van der Waals surface area contributed by atoms with E-state index in [0.29, 0.717) is 25.2 Å². The molecule has 3 amide bonds. The van der Waals surface area contributed by atoms with Gasteiger partial charge in [0.15, 0.2) is 0 Å². The van der Waals surface area contributed by atoms with Crippen LogP contribution in [0.1, 0.15) is 43.2 Å². The van der Waals surface area contributed by atoms with Gasteiger partial charge in [-0.05, 0) is 73.0 Å². The molecule has 1 aliphatic carbocycles. The van der Waals surface area contributed by atoms with Gasteiger partial charge < -0.3 is 15.1 Å². The van der Waals surface area contributed by atoms with E-state index < -0.39 is 6.04 Å². The summed E-state index contributed by atoms with van der Waals surface area (Å²) in [5.41, 5.74) is 2.93. The van der Waals surface area contributed by atoms with Gasteiger partial charge >= 0.3 is 0 Å². The number of carbonyl (C=O) groups excluding carboxylic acids is 3. The van der Waals surface area contributed by atoms with Crippen LogP contribution in [0.4, 0.5) is 0 Å². The highest BCUT2D eigenvalue weighted by Crippen LogP contribution is 2.41. The maximum Gasteiger partial charge on any atom is 0.245 e. The standard InChI is InChI=1S/C25H35N3O3S/c1-32-13-6-22(26-18-29)24(31)28-12-9-25(17-28)7-10-27(11-8-25)23(30)16-19-14-20-4-2-3-5-21(20)15-19/h2-5,18-19,22H,6-17H2,1H3,(H,26,29)/t22-/m0/s1. The SMILES string of the molecule is CSCC[C@H](NC=O)C(=O)N1CCC2(CCN(C(=O)CC3Cc4ccccc4C3)CC2)C1. The molecule has 0 unspecified atom stereocenters. The van der Waals surface area contributed by atoms with Crippen molar-refractivity contribution in [3.8, 4) is 0 Å². The second-order valence-corrected chi connectivity index (χ2v) is 10.7. The van der Waals surface area contributed by atoms with E-state index in [9.17, 15) is 14.4 Å². The number of fused-ring (bicyclic) bond motifs is 1. The Labute approximate surface area is 195 Å². The lowest BCUT2D eigenvalue weighted by Crippen LogP contribution is -2.48. The molecule has 0 aromatic heterocycles. The van der Waals surface area contributed by atoms with Crippen LogP contribution in [0, 0.1) is 11.3 Å².